The number of hydrogen-bond acceptors (Lipinski definition) is 3. The number of carboxylic acid groups (broad SMARTS) is 1. The molecule has 0 radical (unpaired) electrons. The monoisotopic (exact) mass is 331 g/mol. The zero-order valence-electron chi connectivity index (χ0n) is 12.6. The van der Waals surface area contributed by atoms with Crippen LogP contribution in [0.25, 0.3) is 31.9 Å². The van der Waals surface area contributed by atoms with E-state index in [0.717, 1.165) is 26.4 Å². The molecule has 1 N–H and O–H groups in total. The lowest BCUT2D eigenvalue weighted by molar-refractivity contribution is 0.0697. The van der Waals surface area contributed by atoms with Crippen molar-refractivity contribution in [1.29, 1.82) is 0 Å². The van der Waals surface area contributed by atoms with Crippen LogP contribution in [0.3, 0.4) is 0 Å². The van der Waals surface area contributed by atoms with Crippen molar-refractivity contribution in [3.05, 3.63) is 78.4 Å². The summed E-state index contributed by atoms with van der Waals surface area (Å²) in [5, 5.41) is 10.1. The smallest absolute Gasteiger partial charge is 0.336 e. The van der Waals surface area contributed by atoms with E-state index in [1.54, 1.807) is 18.2 Å². The number of nitrogens with zero attached hydrogens (tertiary/aromatic N) is 1. The minimum absolute atomic E-state index is 0.278. The maximum Gasteiger partial charge on any atom is 0.336 e. The first kappa shape index (κ1) is 14.6. The van der Waals surface area contributed by atoms with Crippen molar-refractivity contribution in [2.45, 2.75) is 0 Å². The molecular formula is C20H13NO2S. The highest BCUT2D eigenvalue weighted by molar-refractivity contribution is 7.21. The summed E-state index contributed by atoms with van der Waals surface area (Å²) >= 11 is 1.51. The third kappa shape index (κ3) is 2.57. The molecule has 3 nitrogen and oxygen atoms in total. The first-order chi connectivity index (χ1) is 11.7. The Hall–Kier alpha value is -2.98. The summed E-state index contributed by atoms with van der Waals surface area (Å²) in [6, 6.07) is 23.3. The largest absolute Gasteiger partial charge is 0.478 e. The number of carbonyl (C=O) groups is 1. The third-order valence-corrected chi connectivity index (χ3v) is 4.95. The van der Waals surface area contributed by atoms with Crippen molar-refractivity contribution in [1.82, 2.24) is 4.98 Å². The standard InChI is InChI=1S/C20H13NO2S/c22-20(23)16-9-5-4-8-15(16)19-21-17-12-14(10-11-18(17)24-19)13-6-2-1-3-7-13/h1-12H,(H,22,23). The van der Waals surface area contributed by atoms with E-state index in [1.165, 1.54) is 11.3 Å². The molecule has 4 aromatic rings. The number of fused-ring (bicyclic) bond motifs is 1. The normalized spacial score (nSPS) is 10.8. The zero-order chi connectivity index (χ0) is 16.5. The summed E-state index contributed by atoms with van der Waals surface area (Å²) in [7, 11) is 0. The maximum atomic E-state index is 11.4. The fraction of sp³-hybridized carbons (Fsp3) is 0. The van der Waals surface area contributed by atoms with E-state index in [2.05, 4.69) is 23.2 Å². The molecule has 0 spiro atoms. The van der Waals surface area contributed by atoms with Crippen LogP contribution < -0.4 is 0 Å². The summed E-state index contributed by atoms with van der Waals surface area (Å²) < 4.78 is 1.05. The zero-order valence-corrected chi connectivity index (χ0v) is 13.5. The van der Waals surface area contributed by atoms with Crippen molar-refractivity contribution in [2.24, 2.45) is 0 Å². The summed E-state index contributed by atoms with van der Waals surface area (Å²) in [6.07, 6.45) is 0. The molecule has 0 atom stereocenters. The lowest BCUT2D eigenvalue weighted by Gasteiger charge is -2.01. The first-order valence-corrected chi connectivity index (χ1v) is 8.33. The summed E-state index contributed by atoms with van der Waals surface area (Å²) in [6.45, 7) is 0. The molecular weight excluding hydrogens is 318 g/mol. The second kappa shape index (κ2) is 5.91. The van der Waals surface area contributed by atoms with Crippen LogP contribution in [0.5, 0.6) is 0 Å². The molecule has 24 heavy (non-hydrogen) atoms. The van der Waals surface area contributed by atoms with Gasteiger partial charge in [0.05, 0.1) is 15.8 Å². The van der Waals surface area contributed by atoms with E-state index in [9.17, 15) is 9.90 Å². The number of thiazole rings is 1. The van der Waals surface area contributed by atoms with Gasteiger partial charge in [-0.1, -0.05) is 54.6 Å². The van der Waals surface area contributed by atoms with Gasteiger partial charge in [-0.15, -0.1) is 11.3 Å². The van der Waals surface area contributed by atoms with Crippen molar-refractivity contribution < 1.29 is 9.90 Å². The fourth-order valence-electron chi connectivity index (χ4n) is 2.71. The third-order valence-electron chi connectivity index (χ3n) is 3.88. The van der Waals surface area contributed by atoms with Crippen LogP contribution in [0.15, 0.2) is 72.8 Å². The van der Waals surface area contributed by atoms with Gasteiger partial charge >= 0.3 is 5.97 Å². The van der Waals surface area contributed by atoms with Crippen LogP contribution in [-0.2, 0) is 0 Å². The van der Waals surface area contributed by atoms with Crippen LogP contribution in [0.2, 0.25) is 0 Å². The Labute approximate surface area is 142 Å². The predicted molar refractivity (Wildman–Crippen MR) is 97.5 cm³/mol. The van der Waals surface area contributed by atoms with Crippen LogP contribution >= 0.6 is 11.3 Å². The summed E-state index contributed by atoms with van der Waals surface area (Å²) in [5.41, 5.74) is 4.07. The molecule has 0 fully saturated rings. The van der Waals surface area contributed by atoms with Crippen LogP contribution in [-0.4, -0.2) is 16.1 Å². The molecule has 1 aromatic heterocycles. The number of hydrogen-bond donors (Lipinski definition) is 1. The second-order valence-electron chi connectivity index (χ2n) is 5.42. The van der Waals surface area contributed by atoms with Gasteiger partial charge < -0.3 is 5.11 Å². The SMILES string of the molecule is O=C(O)c1ccccc1-c1nc2cc(-c3ccccc3)ccc2s1. The van der Waals surface area contributed by atoms with Crippen molar-refractivity contribution in [3.63, 3.8) is 0 Å². The molecule has 116 valence electrons. The average Bonchev–Trinajstić information content (AvgIpc) is 3.05. The Kier molecular flexibility index (Phi) is 3.59. The van der Waals surface area contributed by atoms with Gasteiger partial charge in [-0.25, -0.2) is 9.78 Å². The van der Waals surface area contributed by atoms with E-state index >= 15 is 0 Å². The second-order valence-corrected chi connectivity index (χ2v) is 6.45. The number of benzene rings is 3. The molecule has 4 rings (SSSR count). The van der Waals surface area contributed by atoms with Gasteiger partial charge in [-0.2, -0.15) is 0 Å². The predicted octanol–water partition coefficient (Wildman–Crippen LogP) is 5.33. The molecule has 0 saturated heterocycles. The quantitative estimate of drug-likeness (QED) is 0.552. The lowest BCUT2D eigenvalue weighted by atomic mass is 10.1. The van der Waals surface area contributed by atoms with Crippen molar-refractivity contribution in [2.75, 3.05) is 0 Å². The van der Waals surface area contributed by atoms with Crippen LogP contribution in [0.4, 0.5) is 0 Å². The topological polar surface area (TPSA) is 50.2 Å². The minimum Gasteiger partial charge on any atom is -0.478 e. The molecule has 1 heterocycles. The Morgan fingerprint density at radius 1 is 0.875 bits per heavy atom. The lowest BCUT2D eigenvalue weighted by Crippen LogP contribution is -1.98. The minimum atomic E-state index is -0.935. The number of carboxylic acids is 1. The molecule has 0 bridgehead atoms. The van der Waals surface area contributed by atoms with Crippen LogP contribution in [0, 0.1) is 0 Å². The summed E-state index contributed by atoms with van der Waals surface area (Å²) in [5.74, 6) is -0.935. The Morgan fingerprint density at radius 2 is 1.62 bits per heavy atom. The van der Waals surface area contributed by atoms with Gasteiger partial charge in [0.25, 0.3) is 0 Å². The van der Waals surface area contributed by atoms with E-state index in [1.807, 2.05) is 36.4 Å². The highest BCUT2D eigenvalue weighted by Crippen LogP contribution is 2.34. The first-order valence-electron chi connectivity index (χ1n) is 7.51. The van der Waals surface area contributed by atoms with Gasteiger partial charge in [0.15, 0.2) is 0 Å². The van der Waals surface area contributed by atoms with E-state index in [0.29, 0.717) is 5.56 Å². The van der Waals surface area contributed by atoms with Crippen LogP contribution in [0.1, 0.15) is 10.4 Å². The molecule has 4 heteroatoms. The molecule has 0 aliphatic carbocycles. The fourth-order valence-corrected chi connectivity index (χ4v) is 3.69. The highest BCUT2D eigenvalue weighted by atomic mass is 32.1. The highest BCUT2D eigenvalue weighted by Gasteiger charge is 2.14. The number of rotatable bonds is 3. The number of aromatic carboxylic acids is 1. The van der Waals surface area contributed by atoms with Gasteiger partial charge in [-0.3, -0.25) is 0 Å². The average molecular weight is 331 g/mol. The van der Waals surface area contributed by atoms with E-state index in [-0.39, 0.29) is 5.56 Å². The van der Waals surface area contributed by atoms with Gasteiger partial charge in [-0.05, 0) is 29.3 Å². The summed E-state index contributed by atoms with van der Waals surface area (Å²) in [4.78, 5) is 16.1. The molecule has 3 aromatic carbocycles. The van der Waals surface area contributed by atoms with Gasteiger partial charge in [0.2, 0.25) is 0 Å². The van der Waals surface area contributed by atoms with Gasteiger partial charge in [0.1, 0.15) is 5.01 Å². The van der Waals surface area contributed by atoms with Crippen molar-refractivity contribution >= 4 is 27.5 Å². The Morgan fingerprint density at radius 3 is 2.42 bits per heavy atom. The van der Waals surface area contributed by atoms with E-state index < -0.39 is 5.97 Å². The Bertz CT molecular complexity index is 1040. The molecule has 0 aliphatic rings. The maximum absolute atomic E-state index is 11.4. The van der Waals surface area contributed by atoms with Gasteiger partial charge in [0, 0.05) is 5.56 Å². The Balaban J connectivity index is 1.84. The molecule has 0 saturated carbocycles. The molecule has 0 amide bonds. The van der Waals surface area contributed by atoms with Crippen molar-refractivity contribution in [3.8, 4) is 21.7 Å². The number of aromatic nitrogens is 1. The molecule has 0 aliphatic heterocycles. The molecule has 0 unspecified atom stereocenters. The van der Waals surface area contributed by atoms with E-state index in [4.69, 9.17) is 0 Å².